The minimum absolute atomic E-state index is 0.358. The maximum Gasteiger partial charge on any atom is 0.510 e. The lowest BCUT2D eigenvalue weighted by atomic mass is 9.96. The molecule has 0 saturated carbocycles. The maximum absolute atomic E-state index is 13.1. The second-order valence-electron chi connectivity index (χ2n) is 12.4. The van der Waals surface area contributed by atoms with Crippen molar-refractivity contribution in [3.05, 3.63) is 88.9 Å². The van der Waals surface area contributed by atoms with E-state index in [1.165, 1.54) is 21.3 Å². The van der Waals surface area contributed by atoms with Gasteiger partial charge in [-0.15, -0.1) is 0 Å². The molecule has 0 amide bonds. The summed E-state index contributed by atoms with van der Waals surface area (Å²) in [6, 6.07) is 24.9. The summed E-state index contributed by atoms with van der Waals surface area (Å²) in [7, 11) is 0. The van der Waals surface area contributed by atoms with E-state index in [1.54, 1.807) is 0 Å². The molecular formula is C35H43N3O5. The molecule has 1 atom stereocenters. The monoisotopic (exact) mass is 585 g/mol. The number of hydrogen-bond donors (Lipinski definition) is 0. The summed E-state index contributed by atoms with van der Waals surface area (Å²) < 4.78 is 18.5. The smallest absolute Gasteiger partial charge is 0.428 e. The Kier molecular flexibility index (Phi) is 9.25. The zero-order chi connectivity index (χ0) is 30.6. The van der Waals surface area contributed by atoms with Crippen molar-refractivity contribution in [2.45, 2.75) is 65.8 Å². The third kappa shape index (κ3) is 7.31. The van der Waals surface area contributed by atoms with Gasteiger partial charge >= 0.3 is 11.9 Å². The lowest BCUT2D eigenvalue weighted by Crippen LogP contribution is -2.46. The minimum Gasteiger partial charge on any atom is -0.428 e. The molecule has 1 aliphatic rings. The van der Waals surface area contributed by atoms with Gasteiger partial charge in [-0.2, -0.15) is 0 Å². The molecule has 3 aromatic carbocycles. The fourth-order valence-corrected chi connectivity index (χ4v) is 6.15. The van der Waals surface area contributed by atoms with E-state index in [1.807, 2.05) is 45.0 Å². The van der Waals surface area contributed by atoms with Gasteiger partial charge in [0, 0.05) is 39.1 Å². The largest absolute Gasteiger partial charge is 0.510 e. The van der Waals surface area contributed by atoms with Crippen molar-refractivity contribution < 1.29 is 18.7 Å². The molecule has 1 unspecified atom stereocenters. The number of benzene rings is 3. The summed E-state index contributed by atoms with van der Waals surface area (Å²) in [5.74, 6) is -0.197. The molecule has 228 valence electrons. The topological polar surface area (TPSA) is 77.1 Å². The first-order valence-electron chi connectivity index (χ1n) is 15.3. The molecule has 4 aromatic rings. The van der Waals surface area contributed by atoms with E-state index >= 15 is 0 Å². The molecule has 0 radical (unpaired) electrons. The summed E-state index contributed by atoms with van der Waals surface area (Å²) in [6.07, 6.45) is -0.539. The van der Waals surface area contributed by atoms with Crippen LogP contribution in [0.2, 0.25) is 0 Å². The first-order valence-corrected chi connectivity index (χ1v) is 15.3. The van der Waals surface area contributed by atoms with Crippen molar-refractivity contribution in [1.29, 1.82) is 0 Å². The number of ether oxygens (including phenoxy) is 2. The molecular weight excluding hydrogens is 542 g/mol. The Labute approximate surface area is 253 Å². The minimum atomic E-state index is -0.838. The second-order valence-corrected chi connectivity index (χ2v) is 12.4. The summed E-state index contributed by atoms with van der Waals surface area (Å²) in [5.41, 5.74) is 5.04. The number of anilines is 1. The van der Waals surface area contributed by atoms with Crippen LogP contribution >= 0.6 is 0 Å². The number of carbonyl (C=O) groups is 1. The van der Waals surface area contributed by atoms with Crippen molar-refractivity contribution in [2.75, 3.05) is 31.1 Å². The average molecular weight is 586 g/mol. The van der Waals surface area contributed by atoms with Crippen LogP contribution in [0.15, 0.2) is 82.0 Å². The van der Waals surface area contributed by atoms with Gasteiger partial charge in [0.15, 0.2) is 11.8 Å². The molecule has 5 rings (SSSR count). The predicted molar refractivity (Wildman–Crippen MR) is 170 cm³/mol. The molecule has 0 N–H and O–H groups in total. The third-order valence-corrected chi connectivity index (χ3v) is 7.90. The van der Waals surface area contributed by atoms with Gasteiger partial charge in [-0.1, -0.05) is 75.4 Å². The number of hydrogen-bond acceptors (Lipinski definition) is 7. The molecule has 1 fully saturated rings. The van der Waals surface area contributed by atoms with Crippen LogP contribution in [0.5, 0.6) is 0 Å². The van der Waals surface area contributed by atoms with Crippen LogP contribution in [0.1, 0.15) is 59.3 Å². The van der Waals surface area contributed by atoms with Crippen LogP contribution in [-0.2, 0) is 16.0 Å². The van der Waals surface area contributed by atoms with Gasteiger partial charge in [-0.05, 0) is 61.1 Å². The highest BCUT2D eigenvalue weighted by Crippen LogP contribution is 2.31. The van der Waals surface area contributed by atoms with Crippen molar-refractivity contribution >= 4 is 22.9 Å². The van der Waals surface area contributed by atoms with Gasteiger partial charge in [0.2, 0.25) is 0 Å². The van der Waals surface area contributed by atoms with E-state index in [9.17, 15) is 9.59 Å². The highest BCUT2D eigenvalue weighted by Gasteiger charge is 2.29. The fraction of sp³-hybridized carbons (Fsp3) is 0.429. The van der Waals surface area contributed by atoms with Crippen LogP contribution in [0.3, 0.4) is 0 Å². The van der Waals surface area contributed by atoms with Crippen LogP contribution in [0.4, 0.5) is 10.5 Å². The Bertz CT molecular complexity index is 1580. The third-order valence-electron chi connectivity index (χ3n) is 7.90. The van der Waals surface area contributed by atoms with E-state index in [2.05, 4.69) is 72.2 Å². The summed E-state index contributed by atoms with van der Waals surface area (Å²) in [6.45, 7) is 14.0. The number of carbonyl (C=O) groups excluding carboxylic acids is 1. The van der Waals surface area contributed by atoms with Gasteiger partial charge in [0.1, 0.15) is 5.60 Å². The Morgan fingerprint density at radius 3 is 2.33 bits per heavy atom. The first-order chi connectivity index (χ1) is 20.6. The number of piperazine rings is 1. The molecule has 1 saturated heterocycles. The highest BCUT2D eigenvalue weighted by molar-refractivity contribution is 5.87. The van der Waals surface area contributed by atoms with Crippen molar-refractivity contribution in [3.63, 3.8) is 0 Å². The average Bonchev–Trinajstić information content (AvgIpc) is 3.31. The Balaban J connectivity index is 1.27. The van der Waals surface area contributed by atoms with Gasteiger partial charge in [-0.25, -0.2) is 14.2 Å². The van der Waals surface area contributed by atoms with Gasteiger partial charge in [0.05, 0.1) is 11.2 Å². The Hall–Kier alpha value is -4.04. The number of aromatic nitrogens is 1. The molecule has 0 aliphatic carbocycles. The SMILES string of the molecule is CCC(OC(=O)OC(C)(C)CC(C)C)n1c(=O)oc2c(N3CCN(Cc4cccc(-c5ccccc5)c4)CC3)cccc21. The van der Waals surface area contributed by atoms with Crippen LogP contribution in [0, 0.1) is 5.92 Å². The Morgan fingerprint density at radius 2 is 1.63 bits per heavy atom. The van der Waals surface area contributed by atoms with E-state index in [-0.39, 0.29) is 0 Å². The van der Waals surface area contributed by atoms with E-state index in [0.717, 1.165) is 38.4 Å². The maximum atomic E-state index is 13.1. The fourth-order valence-electron chi connectivity index (χ4n) is 6.15. The van der Waals surface area contributed by atoms with E-state index in [0.29, 0.717) is 29.9 Å². The zero-order valence-electron chi connectivity index (χ0n) is 25.9. The zero-order valence-corrected chi connectivity index (χ0v) is 25.9. The number of rotatable bonds is 10. The van der Waals surface area contributed by atoms with E-state index < -0.39 is 23.7 Å². The predicted octanol–water partition coefficient (Wildman–Crippen LogP) is 7.47. The summed E-state index contributed by atoms with van der Waals surface area (Å²) in [5, 5.41) is 0. The van der Waals surface area contributed by atoms with Gasteiger partial charge < -0.3 is 18.8 Å². The van der Waals surface area contributed by atoms with Crippen LogP contribution in [0.25, 0.3) is 22.2 Å². The molecule has 8 nitrogen and oxygen atoms in total. The van der Waals surface area contributed by atoms with Crippen molar-refractivity contribution in [3.8, 4) is 11.1 Å². The van der Waals surface area contributed by atoms with Crippen molar-refractivity contribution in [2.24, 2.45) is 5.92 Å². The molecule has 0 spiro atoms. The molecule has 8 heteroatoms. The number of oxazole rings is 1. The molecule has 1 aliphatic heterocycles. The van der Waals surface area contributed by atoms with Crippen LogP contribution in [-0.4, -0.2) is 47.4 Å². The molecule has 43 heavy (non-hydrogen) atoms. The second kappa shape index (κ2) is 13.1. The van der Waals surface area contributed by atoms with Crippen molar-refractivity contribution in [1.82, 2.24) is 9.47 Å². The number of fused-ring (bicyclic) bond motifs is 1. The first kappa shape index (κ1) is 30.4. The lowest BCUT2D eigenvalue weighted by molar-refractivity contribution is -0.0580. The lowest BCUT2D eigenvalue weighted by Gasteiger charge is -2.36. The summed E-state index contributed by atoms with van der Waals surface area (Å²) >= 11 is 0. The quantitative estimate of drug-likeness (QED) is 0.179. The normalized spacial score (nSPS) is 15.2. The van der Waals surface area contributed by atoms with E-state index in [4.69, 9.17) is 13.9 Å². The highest BCUT2D eigenvalue weighted by atomic mass is 16.7. The Morgan fingerprint density at radius 1 is 0.930 bits per heavy atom. The number of para-hydroxylation sites is 1. The molecule has 1 aromatic heterocycles. The summed E-state index contributed by atoms with van der Waals surface area (Å²) in [4.78, 5) is 30.5. The molecule has 2 heterocycles. The van der Waals surface area contributed by atoms with Gasteiger partial charge in [-0.3, -0.25) is 4.90 Å². The van der Waals surface area contributed by atoms with Gasteiger partial charge in [0.25, 0.3) is 0 Å². The number of nitrogens with zero attached hydrogens (tertiary/aromatic N) is 3. The standard InChI is InChI=1S/C35H43N3O5/c1-6-31(41-34(40)43-35(4,5)23-25(2)3)38-30-17-11-16-29(32(30)42-33(38)39)37-20-18-36(19-21-37)24-26-12-10-15-28(22-26)27-13-8-7-9-14-27/h7-17,22,25,31H,6,18-21,23-24H2,1-5H3. The van der Waals surface area contributed by atoms with Crippen LogP contribution < -0.4 is 10.7 Å². The molecule has 0 bridgehead atoms.